The summed E-state index contributed by atoms with van der Waals surface area (Å²) in [4.78, 5) is 11.7. The monoisotopic (exact) mass is 382 g/mol. The van der Waals surface area contributed by atoms with Gasteiger partial charge in [0.25, 0.3) is 5.92 Å². The smallest absolute Gasteiger partial charge is 0.435 e. The minimum absolute atomic E-state index is 0.0140. The Bertz CT molecular complexity index is 724. The van der Waals surface area contributed by atoms with E-state index in [0.29, 0.717) is 24.2 Å². The normalized spacial score (nSPS) is 20.0. The molecule has 10 heteroatoms. The molecule has 25 heavy (non-hydrogen) atoms. The number of hydrogen-bond acceptors (Lipinski definition) is 4. The van der Waals surface area contributed by atoms with Gasteiger partial charge in [-0.05, 0) is 19.4 Å². The van der Waals surface area contributed by atoms with Crippen molar-refractivity contribution < 1.29 is 31.5 Å². The first-order valence-electron chi connectivity index (χ1n) is 7.15. The first kappa shape index (κ1) is 19.5. The molecular formula is C15H15F5N2O2S. The van der Waals surface area contributed by atoms with E-state index in [9.17, 15) is 26.7 Å². The molecule has 4 nitrogen and oxygen atoms in total. The maximum Gasteiger partial charge on any atom is 0.435 e. The third kappa shape index (κ3) is 3.73. The third-order valence-corrected chi connectivity index (χ3v) is 5.10. The van der Waals surface area contributed by atoms with Gasteiger partial charge in [0.2, 0.25) is 0 Å². The van der Waals surface area contributed by atoms with E-state index < -0.39 is 34.6 Å². The summed E-state index contributed by atoms with van der Waals surface area (Å²) >= 11 is 0.484. The van der Waals surface area contributed by atoms with Crippen molar-refractivity contribution in [3.63, 3.8) is 0 Å². The molecule has 2 rings (SSSR count). The molecule has 0 aliphatic carbocycles. The highest BCUT2D eigenvalue weighted by Gasteiger charge is 2.53. The molecule has 0 spiro atoms. The van der Waals surface area contributed by atoms with Gasteiger partial charge in [-0.2, -0.15) is 27.1 Å². The van der Waals surface area contributed by atoms with Gasteiger partial charge in [-0.25, -0.2) is 4.79 Å². The lowest BCUT2D eigenvalue weighted by Gasteiger charge is -2.19. The number of aromatic nitrogens is 2. The Morgan fingerprint density at radius 1 is 1.52 bits per heavy atom. The molecule has 0 fully saturated rings. The van der Waals surface area contributed by atoms with Crippen LogP contribution in [-0.4, -0.2) is 28.3 Å². The van der Waals surface area contributed by atoms with Crippen molar-refractivity contribution in [1.82, 2.24) is 9.78 Å². The maximum atomic E-state index is 14.5. The van der Waals surface area contributed by atoms with Crippen molar-refractivity contribution in [2.45, 2.75) is 30.7 Å². The predicted octanol–water partition coefficient (Wildman–Crippen LogP) is 4.26. The Balaban J connectivity index is 2.30. The molecule has 138 valence electrons. The van der Waals surface area contributed by atoms with Crippen molar-refractivity contribution in [1.29, 1.82) is 0 Å². The van der Waals surface area contributed by atoms with E-state index in [2.05, 4.69) is 11.7 Å². The van der Waals surface area contributed by atoms with E-state index in [0.717, 1.165) is 18.7 Å². The van der Waals surface area contributed by atoms with Crippen LogP contribution < -0.4 is 0 Å². The Kier molecular flexibility index (Phi) is 5.31. The molecular weight excluding hydrogens is 367 g/mol. The maximum absolute atomic E-state index is 14.5. The quantitative estimate of drug-likeness (QED) is 0.330. The standard InChI is InChI=1S/C15H15F5N2O2S/c1-4-5-6-24-13(23)11-8(2)14(16,17)12(25-11)9-7-10(15(18,19)20)21-22(9)3/h4,7,12H,1,5-6H2,2-3H3. The van der Waals surface area contributed by atoms with E-state index >= 15 is 0 Å². The van der Waals surface area contributed by atoms with Gasteiger partial charge < -0.3 is 4.74 Å². The number of thioether (sulfide) groups is 1. The predicted molar refractivity (Wildman–Crippen MR) is 82.0 cm³/mol. The number of nitrogens with zero attached hydrogens (tertiary/aromatic N) is 2. The highest BCUT2D eigenvalue weighted by molar-refractivity contribution is 8.04. The van der Waals surface area contributed by atoms with E-state index in [4.69, 9.17) is 4.74 Å². The Hall–Kier alpha value is -1.84. The fourth-order valence-corrected chi connectivity index (χ4v) is 3.61. The second-order valence-electron chi connectivity index (χ2n) is 5.36. The van der Waals surface area contributed by atoms with Gasteiger partial charge in [0, 0.05) is 12.6 Å². The number of carbonyl (C=O) groups excluding carboxylic acids is 1. The molecule has 2 heterocycles. The molecule has 1 aliphatic heterocycles. The van der Waals surface area contributed by atoms with Gasteiger partial charge in [0.1, 0.15) is 5.25 Å². The van der Waals surface area contributed by atoms with Crippen LogP contribution in [0.3, 0.4) is 0 Å². The lowest BCUT2D eigenvalue weighted by atomic mass is 10.0. The van der Waals surface area contributed by atoms with E-state index in [-0.39, 0.29) is 17.2 Å². The minimum atomic E-state index is -4.75. The van der Waals surface area contributed by atoms with E-state index in [1.54, 1.807) is 0 Å². The summed E-state index contributed by atoms with van der Waals surface area (Å²) in [6, 6.07) is 0.574. The number of halogens is 5. The van der Waals surface area contributed by atoms with Crippen LogP contribution in [0.1, 0.15) is 30.0 Å². The number of carbonyl (C=O) groups is 1. The number of hydrogen-bond donors (Lipinski definition) is 0. The molecule has 1 atom stereocenters. The minimum Gasteiger partial charge on any atom is -0.461 e. The molecule has 1 aromatic rings. The van der Waals surface area contributed by atoms with Crippen molar-refractivity contribution in [3.8, 4) is 0 Å². The van der Waals surface area contributed by atoms with Crippen LogP contribution in [0.2, 0.25) is 0 Å². The second kappa shape index (κ2) is 6.81. The fourth-order valence-electron chi connectivity index (χ4n) is 2.24. The van der Waals surface area contributed by atoms with Gasteiger partial charge in [0.15, 0.2) is 5.69 Å². The summed E-state index contributed by atoms with van der Waals surface area (Å²) in [5, 5.41) is 1.56. The largest absolute Gasteiger partial charge is 0.461 e. The summed E-state index contributed by atoms with van der Waals surface area (Å²) in [6.45, 7) is 4.50. The number of esters is 1. The molecule has 0 saturated carbocycles. The van der Waals surface area contributed by atoms with Gasteiger partial charge in [-0.1, -0.05) is 6.08 Å². The topological polar surface area (TPSA) is 44.1 Å². The third-order valence-electron chi connectivity index (χ3n) is 3.62. The summed E-state index contributed by atoms with van der Waals surface area (Å²) in [5.74, 6) is -4.43. The summed E-state index contributed by atoms with van der Waals surface area (Å²) in [7, 11) is 1.15. The molecule has 1 aromatic heterocycles. The molecule has 0 amide bonds. The SMILES string of the molecule is C=CCCOC(=O)C1=C(C)C(F)(F)C(c2cc(C(F)(F)F)nn2C)S1. The van der Waals surface area contributed by atoms with E-state index in [1.165, 1.54) is 6.08 Å². The molecule has 0 radical (unpaired) electrons. The highest BCUT2D eigenvalue weighted by Crippen LogP contribution is 2.57. The van der Waals surface area contributed by atoms with Crippen molar-refractivity contribution in [2.75, 3.05) is 6.61 Å². The van der Waals surface area contributed by atoms with E-state index in [1.807, 2.05) is 0 Å². The number of allylic oxidation sites excluding steroid dienone is 1. The van der Waals surface area contributed by atoms with Crippen LogP contribution in [0.25, 0.3) is 0 Å². The van der Waals surface area contributed by atoms with Crippen molar-refractivity contribution in [3.05, 3.63) is 40.6 Å². The lowest BCUT2D eigenvalue weighted by molar-refractivity contribution is -0.141. The van der Waals surface area contributed by atoms with Crippen LogP contribution in [0, 0.1) is 0 Å². The molecule has 1 unspecified atom stereocenters. The number of ether oxygens (including phenoxy) is 1. The lowest BCUT2D eigenvalue weighted by Crippen LogP contribution is -2.23. The molecule has 0 bridgehead atoms. The summed E-state index contributed by atoms with van der Waals surface area (Å²) in [5.41, 5.74) is -2.11. The van der Waals surface area contributed by atoms with Gasteiger partial charge in [-0.3, -0.25) is 4.68 Å². The second-order valence-corrected chi connectivity index (χ2v) is 6.48. The Morgan fingerprint density at radius 3 is 2.68 bits per heavy atom. The number of rotatable bonds is 5. The summed E-state index contributed by atoms with van der Waals surface area (Å²) in [6.07, 6.45) is -2.88. The zero-order valence-electron chi connectivity index (χ0n) is 13.4. The van der Waals surface area contributed by atoms with Gasteiger partial charge >= 0.3 is 12.1 Å². The average molecular weight is 382 g/mol. The molecule has 0 saturated heterocycles. The zero-order valence-corrected chi connectivity index (χ0v) is 14.2. The number of aryl methyl sites for hydroxylation is 1. The Labute approximate surface area is 144 Å². The highest BCUT2D eigenvalue weighted by atomic mass is 32.2. The number of alkyl halides is 5. The summed E-state index contributed by atoms with van der Waals surface area (Å²) < 4.78 is 73.0. The van der Waals surface area contributed by atoms with Crippen LogP contribution in [0.15, 0.2) is 29.2 Å². The Morgan fingerprint density at radius 2 is 2.16 bits per heavy atom. The zero-order chi connectivity index (χ0) is 19.0. The average Bonchev–Trinajstić information content (AvgIpc) is 2.98. The van der Waals surface area contributed by atoms with Crippen LogP contribution >= 0.6 is 11.8 Å². The first-order valence-corrected chi connectivity index (χ1v) is 8.03. The fraction of sp³-hybridized carbons (Fsp3) is 0.467. The van der Waals surface area contributed by atoms with Crippen LogP contribution in [0.5, 0.6) is 0 Å². The van der Waals surface area contributed by atoms with Crippen molar-refractivity contribution >= 4 is 17.7 Å². The molecule has 1 aliphatic rings. The molecule has 0 aromatic carbocycles. The molecule has 0 N–H and O–H groups in total. The van der Waals surface area contributed by atoms with Crippen LogP contribution in [0.4, 0.5) is 22.0 Å². The van der Waals surface area contributed by atoms with Crippen LogP contribution in [-0.2, 0) is 22.8 Å². The van der Waals surface area contributed by atoms with Gasteiger partial charge in [0.05, 0.1) is 17.2 Å². The van der Waals surface area contributed by atoms with Gasteiger partial charge in [-0.15, -0.1) is 18.3 Å². The van der Waals surface area contributed by atoms with Crippen molar-refractivity contribution in [2.24, 2.45) is 7.05 Å². The first-order chi connectivity index (χ1) is 11.5.